The second kappa shape index (κ2) is 4.26. The van der Waals surface area contributed by atoms with Gasteiger partial charge < -0.3 is 16.2 Å². The van der Waals surface area contributed by atoms with Crippen LogP contribution >= 0.6 is 0 Å². The number of nitrogens with two attached hydrogens (primary N) is 1. The van der Waals surface area contributed by atoms with Crippen LogP contribution in [0.1, 0.15) is 12.8 Å². The number of nitro groups is 1. The SMILES string of the molecule is NCC1(C(=O)Nc2ccc(O)cc2[N+](=O)[O-])CC1. The molecule has 1 amide bonds. The minimum Gasteiger partial charge on any atom is -0.508 e. The molecule has 1 aromatic rings. The highest BCUT2D eigenvalue weighted by atomic mass is 16.6. The largest absolute Gasteiger partial charge is 0.508 e. The summed E-state index contributed by atoms with van der Waals surface area (Å²) in [5.74, 6) is -0.529. The zero-order valence-corrected chi connectivity index (χ0v) is 9.55. The van der Waals surface area contributed by atoms with Crippen LogP contribution in [0.15, 0.2) is 18.2 Å². The van der Waals surface area contributed by atoms with Gasteiger partial charge in [0.15, 0.2) is 0 Å². The first-order valence-corrected chi connectivity index (χ1v) is 5.47. The lowest BCUT2D eigenvalue weighted by atomic mass is 10.1. The number of hydrogen-bond donors (Lipinski definition) is 3. The third-order valence-corrected chi connectivity index (χ3v) is 3.15. The Morgan fingerprint density at radius 1 is 1.56 bits per heavy atom. The van der Waals surface area contributed by atoms with Crippen molar-refractivity contribution >= 4 is 17.3 Å². The van der Waals surface area contributed by atoms with E-state index in [9.17, 15) is 20.0 Å². The maximum atomic E-state index is 11.9. The lowest BCUT2D eigenvalue weighted by Gasteiger charge is -2.12. The topological polar surface area (TPSA) is 118 Å². The summed E-state index contributed by atoms with van der Waals surface area (Å²) in [7, 11) is 0. The molecule has 7 nitrogen and oxygen atoms in total. The van der Waals surface area contributed by atoms with Crippen molar-refractivity contribution in [3.63, 3.8) is 0 Å². The van der Waals surface area contributed by atoms with Gasteiger partial charge in [-0.3, -0.25) is 14.9 Å². The molecule has 1 aliphatic carbocycles. The monoisotopic (exact) mass is 251 g/mol. The number of nitrogens with zero attached hydrogens (tertiary/aromatic N) is 1. The molecule has 1 saturated carbocycles. The van der Waals surface area contributed by atoms with Crippen LogP contribution in [0.4, 0.5) is 11.4 Å². The normalized spacial score (nSPS) is 16.1. The molecule has 0 saturated heterocycles. The maximum Gasteiger partial charge on any atom is 0.296 e. The average Bonchev–Trinajstić information content (AvgIpc) is 3.12. The maximum absolute atomic E-state index is 11.9. The molecule has 0 radical (unpaired) electrons. The first-order valence-electron chi connectivity index (χ1n) is 5.47. The molecule has 18 heavy (non-hydrogen) atoms. The van der Waals surface area contributed by atoms with Gasteiger partial charge in [-0.25, -0.2) is 0 Å². The van der Waals surface area contributed by atoms with E-state index in [1.54, 1.807) is 0 Å². The summed E-state index contributed by atoms with van der Waals surface area (Å²) < 4.78 is 0. The van der Waals surface area contributed by atoms with Gasteiger partial charge in [-0.1, -0.05) is 0 Å². The number of hydrogen-bond acceptors (Lipinski definition) is 5. The molecule has 0 aromatic heterocycles. The molecule has 4 N–H and O–H groups in total. The molecule has 2 rings (SSSR count). The Balaban J connectivity index is 2.24. The molecule has 0 aliphatic heterocycles. The zero-order chi connectivity index (χ0) is 13.3. The summed E-state index contributed by atoms with van der Waals surface area (Å²) in [5.41, 5.74) is 4.67. The summed E-state index contributed by atoms with van der Waals surface area (Å²) in [6.07, 6.45) is 1.39. The lowest BCUT2D eigenvalue weighted by molar-refractivity contribution is -0.384. The van der Waals surface area contributed by atoms with E-state index in [-0.39, 0.29) is 29.6 Å². The third-order valence-electron chi connectivity index (χ3n) is 3.15. The molecule has 1 fully saturated rings. The Kier molecular flexibility index (Phi) is 2.92. The number of carbonyl (C=O) groups excluding carboxylic acids is 1. The third kappa shape index (κ3) is 2.12. The fourth-order valence-corrected chi connectivity index (χ4v) is 1.71. The molecule has 0 bridgehead atoms. The zero-order valence-electron chi connectivity index (χ0n) is 9.55. The van der Waals surface area contributed by atoms with Gasteiger partial charge in [0, 0.05) is 6.54 Å². The number of rotatable bonds is 4. The highest BCUT2D eigenvalue weighted by Gasteiger charge is 2.48. The van der Waals surface area contributed by atoms with Crippen molar-refractivity contribution in [3.8, 4) is 5.75 Å². The van der Waals surface area contributed by atoms with Crippen molar-refractivity contribution in [2.24, 2.45) is 11.1 Å². The number of amides is 1. The van der Waals surface area contributed by atoms with Crippen LogP contribution in [0.5, 0.6) is 5.75 Å². The highest BCUT2D eigenvalue weighted by molar-refractivity contribution is 5.99. The van der Waals surface area contributed by atoms with E-state index in [1.807, 2.05) is 0 Å². The Morgan fingerprint density at radius 3 is 2.72 bits per heavy atom. The van der Waals surface area contributed by atoms with Gasteiger partial charge >= 0.3 is 0 Å². The van der Waals surface area contributed by atoms with E-state index in [1.165, 1.54) is 12.1 Å². The van der Waals surface area contributed by atoms with Crippen molar-refractivity contribution in [3.05, 3.63) is 28.3 Å². The summed E-state index contributed by atoms with van der Waals surface area (Å²) in [6, 6.07) is 3.58. The summed E-state index contributed by atoms with van der Waals surface area (Å²) in [5, 5.41) is 22.5. The molecule has 1 aromatic carbocycles. The minimum atomic E-state index is -0.655. The molecule has 0 spiro atoms. The number of aromatic hydroxyl groups is 1. The van der Waals surface area contributed by atoms with Crippen molar-refractivity contribution in [1.29, 1.82) is 0 Å². The predicted octanol–water partition coefficient (Wildman–Crippen LogP) is 0.978. The van der Waals surface area contributed by atoms with Gasteiger partial charge in [0.25, 0.3) is 5.69 Å². The molecule has 1 aliphatic rings. The standard InChI is InChI=1S/C11H13N3O4/c12-6-11(3-4-11)10(16)13-8-2-1-7(15)5-9(8)14(17)18/h1-2,5,15H,3-4,6,12H2,(H,13,16). The summed E-state index contributed by atoms with van der Waals surface area (Å²) in [4.78, 5) is 22.1. The molecular formula is C11H13N3O4. The van der Waals surface area contributed by atoms with Crippen LogP contribution < -0.4 is 11.1 Å². The molecule has 96 valence electrons. The summed E-state index contributed by atoms with van der Waals surface area (Å²) >= 11 is 0. The van der Waals surface area contributed by atoms with E-state index < -0.39 is 10.3 Å². The molecule has 0 atom stereocenters. The van der Waals surface area contributed by atoms with Crippen molar-refractivity contribution in [2.75, 3.05) is 11.9 Å². The van der Waals surface area contributed by atoms with E-state index in [2.05, 4.69) is 5.32 Å². The Morgan fingerprint density at radius 2 is 2.22 bits per heavy atom. The fourth-order valence-electron chi connectivity index (χ4n) is 1.71. The van der Waals surface area contributed by atoms with Crippen LogP contribution in [0.3, 0.4) is 0 Å². The molecule has 7 heteroatoms. The van der Waals surface area contributed by atoms with Crippen LogP contribution in [0.25, 0.3) is 0 Å². The van der Waals surface area contributed by atoms with Crippen molar-refractivity contribution in [1.82, 2.24) is 0 Å². The van der Waals surface area contributed by atoms with Gasteiger partial charge in [0.2, 0.25) is 5.91 Å². The van der Waals surface area contributed by atoms with Gasteiger partial charge in [-0.2, -0.15) is 0 Å². The van der Waals surface area contributed by atoms with E-state index in [4.69, 9.17) is 5.73 Å². The summed E-state index contributed by atoms with van der Waals surface area (Å²) in [6.45, 7) is 0.227. The second-order valence-corrected chi connectivity index (χ2v) is 4.40. The quantitative estimate of drug-likeness (QED) is 0.418. The lowest BCUT2D eigenvalue weighted by Crippen LogP contribution is -2.31. The second-order valence-electron chi connectivity index (χ2n) is 4.40. The van der Waals surface area contributed by atoms with Gasteiger partial charge in [-0.15, -0.1) is 0 Å². The van der Waals surface area contributed by atoms with Crippen LogP contribution in [0, 0.1) is 15.5 Å². The Bertz CT molecular complexity index is 511. The average molecular weight is 251 g/mol. The van der Waals surface area contributed by atoms with Crippen molar-refractivity contribution < 1.29 is 14.8 Å². The number of nitrogens with one attached hydrogen (secondary N) is 1. The van der Waals surface area contributed by atoms with Crippen LogP contribution in [-0.4, -0.2) is 22.5 Å². The van der Waals surface area contributed by atoms with E-state index in [0.29, 0.717) is 12.8 Å². The first kappa shape index (κ1) is 12.3. The minimum absolute atomic E-state index is 0.0718. The molecular weight excluding hydrogens is 238 g/mol. The van der Waals surface area contributed by atoms with Crippen LogP contribution in [0.2, 0.25) is 0 Å². The van der Waals surface area contributed by atoms with E-state index in [0.717, 1.165) is 6.07 Å². The number of phenols is 1. The first-order chi connectivity index (χ1) is 8.48. The number of benzene rings is 1. The number of nitro benzene ring substituents is 1. The van der Waals surface area contributed by atoms with Gasteiger partial charge in [0.1, 0.15) is 11.4 Å². The molecule has 0 heterocycles. The number of carbonyl (C=O) groups is 1. The van der Waals surface area contributed by atoms with Crippen LogP contribution in [-0.2, 0) is 4.79 Å². The predicted molar refractivity (Wildman–Crippen MR) is 64.1 cm³/mol. The van der Waals surface area contributed by atoms with Crippen molar-refractivity contribution in [2.45, 2.75) is 12.8 Å². The Labute approximate surface area is 103 Å². The van der Waals surface area contributed by atoms with Gasteiger partial charge in [-0.05, 0) is 25.0 Å². The highest BCUT2D eigenvalue weighted by Crippen LogP contribution is 2.45. The van der Waals surface area contributed by atoms with Gasteiger partial charge in [0.05, 0.1) is 16.4 Å². The number of anilines is 1. The fraction of sp³-hybridized carbons (Fsp3) is 0.364. The van der Waals surface area contributed by atoms with E-state index >= 15 is 0 Å². The smallest absolute Gasteiger partial charge is 0.296 e. The Hall–Kier alpha value is -2.15. The molecule has 0 unspecified atom stereocenters. The number of phenolic OH excluding ortho intramolecular Hbond substituents is 1.